The number of benzene rings is 2. The third-order valence-corrected chi connectivity index (χ3v) is 2.89. The average Bonchev–Trinajstić information content (AvgIpc) is 2.41. The van der Waals surface area contributed by atoms with Crippen LogP contribution < -0.4 is 5.32 Å². The molecule has 2 rings (SSSR count). The van der Waals surface area contributed by atoms with E-state index in [1.54, 1.807) is 24.3 Å². The summed E-state index contributed by atoms with van der Waals surface area (Å²) in [5.74, 6) is -0.716. The van der Waals surface area contributed by atoms with Gasteiger partial charge in [0.05, 0.1) is 12.6 Å². The maximum Gasteiger partial charge on any atom is 0.128 e. The summed E-state index contributed by atoms with van der Waals surface area (Å²) in [4.78, 5) is 0. The molecule has 0 aliphatic rings. The molecule has 0 spiro atoms. The van der Waals surface area contributed by atoms with Crippen LogP contribution in [0.1, 0.15) is 17.2 Å². The molecule has 0 heterocycles. The summed E-state index contributed by atoms with van der Waals surface area (Å²) >= 11 is 0. The third-order valence-electron chi connectivity index (χ3n) is 2.89. The first kappa shape index (κ1) is 13.5. The SMILES string of the molecule is Cc1ccc(F)c(C(CO)Nc2ccc(F)cc2)c1. The van der Waals surface area contributed by atoms with Gasteiger partial charge in [-0.15, -0.1) is 0 Å². The van der Waals surface area contributed by atoms with Crippen LogP contribution in [0.2, 0.25) is 0 Å². The molecule has 2 aromatic rings. The molecule has 0 fully saturated rings. The summed E-state index contributed by atoms with van der Waals surface area (Å²) in [6, 6.07) is 9.88. The molecule has 1 atom stereocenters. The molecular formula is C15H15F2NO. The fraction of sp³-hybridized carbons (Fsp3) is 0.200. The zero-order valence-electron chi connectivity index (χ0n) is 10.5. The van der Waals surface area contributed by atoms with Crippen LogP contribution in [0.25, 0.3) is 0 Å². The molecular weight excluding hydrogens is 248 g/mol. The molecule has 0 bridgehead atoms. The van der Waals surface area contributed by atoms with Gasteiger partial charge in [0.15, 0.2) is 0 Å². The second-order valence-corrected chi connectivity index (χ2v) is 4.41. The fourth-order valence-electron chi connectivity index (χ4n) is 1.90. The van der Waals surface area contributed by atoms with E-state index in [0.717, 1.165) is 5.56 Å². The van der Waals surface area contributed by atoms with E-state index in [4.69, 9.17) is 0 Å². The molecule has 0 saturated carbocycles. The van der Waals surface area contributed by atoms with Crippen molar-refractivity contribution in [1.29, 1.82) is 0 Å². The first-order valence-corrected chi connectivity index (χ1v) is 5.99. The molecule has 2 aromatic carbocycles. The first-order valence-electron chi connectivity index (χ1n) is 5.99. The fourth-order valence-corrected chi connectivity index (χ4v) is 1.90. The lowest BCUT2D eigenvalue weighted by atomic mass is 10.0. The second kappa shape index (κ2) is 5.80. The maximum atomic E-state index is 13.8. The normalized spacial score (nSPS) is 12.2. The lowest BCUT2D eigenvalue weighted by Gasteiger charge is -2.19. The van der Waals surface area contributed by atoms with Gasteiger partial charge in [-0.25, -0.2) is 8.78 Å². The van der Waals surface area contributed by atoms with E-state index in [1.807, 2.05) is 6.92 Å². The Bertz CT molecular complexity index is 555. The lowest BCUT2D eigenvalue weighted by molar-refractivity contribution is 0.274. The molecule has 1 unspecified atom stereocenters. The largest absolute Gasteiger partial charge is 0.394 e. The highest BCUT2D eigenvalue weighted by Crippen LogP contribution is 2.23. The van der Waals surface area contributed by atoms with Gasteiger partial charge in [0, 0.05) is 11.3 Å². The monoisotopic (exact) mass is 263 g/mol. The van der Waals surface area contributed by atoms with Crippen LogP contribution in [0.15, 0.2) is 42.5 Å². The number of aryl methyl sites for hydroxylation is 1. The number of halogens is 2. The predicted molar refractivity (Wildman–Crippen MR) is 71.0 cm³/mol. The Morgan fingerprint density at radius 2 is 1.79 bits per heavy atom. The number of aliphatic hydroxyl groups is 1. The molecule has 2 nitrogen and oxygen atoms in total. The van der Waals surface area contributed by atoms with Gasteiger partial charge in [0.2, 0.25) is 0 Å². The van der Waals surface area contributed by atoms with Crippen molar-refractivity contribution in [3.05, 3.63) is 65.2 Å². The molecule has 0 aliphatic heterocycles. The topological polar surface area (TPSA) is 32.3 Å². The predicted octanol–water partition coefficient (Wildman–Crippen LogP) is 3.42. The van der Waals surface area contributed by atoms with Gasteiger partial charge in [-0.05, 0) is 37.3 Å². The molecule has 0 aliphatic carbocycles. The summed E-state index contributed by atoms with van der Waals surface area (Å²) in [5.41, 5.74) is 1.93. The van der Waals surface area contributed by atoms with Crippen molar-refractivity contribution in [3.63, 3.8) is 0 Å². The Hall–Kier alpha value is -1.94. The maximum absolute atomic E-state index is 13.8. The molecule has 19 heavy (non-hydrogen) atoms. The number of hydrogen-bond acceptors (Lipinski definition) is 2. The molecule has 0 aromatic heterocycles. The second-order valence-electron chi connectivity index (χ2n) is 4.41. The highest BCUT2D eigenvalue weighted by molar-refractivity contribution is 5.46. The van der Waals surface area contributed by atoms with E-state index in [1.165, 1.54) is 18.2 Å². The number of anilines is 1. The van der Waals surface area contributed by atoms with Crippen molar-refractivity contribution in [1.82, 2.24) is 0 Å². The molecule has 100 valence electrons. The van der Waals surface area contributed by atoms with Crippen LogP contribution in [-0.2, 0) is 0 Å². The van der Waals surface area contributed by atoms with E-state index in [-0.39, 0.29) is 18.2 Å². The van der Waals surface area contributed by atoms with Crippen molar-refractivity contribution in [2.75, 3.05) is 11.9 Å². The van der Waals surface area contributed by atoms with Gasteiger partial charge in [0.1, 0.15) is 11.6 Å². The van der Waals surface area contributed by atoms with Crippen LogP contribution in [0.4, 0.5) is 14.5 Å². The van der Waals surface area contributed by atoms with Crippen molar-refractivity contribution in [2.45, 2.75) is 13.0 Å². The van der Waals surface area contributed by atoms with Gasteiger partial charge >= 0.3 is 0 Å². The lowest BCUT2D eigenvalue weighted by Crippen LogP contribution is -2.16. The minimum absolute atomic E-state index is 0.252. The summed E-state index contributed by atoms with van der Waals surface area (Å²) in [6.07, 6.45) is 0. The van der Waals surface area contributed by atoms with E-state index >= 15 is 0 Å². The third kappa shape index (κ3) is 3.29. The zero-order valence-corrected chi connectivity index (χ0v) is 10.5. The van der Waals surface area contributed by atoms with Gasteiger partial charge in [-0.1, -0.05) is 17.7 Å². The molecule has 0 saturated heterocycles. The molecule has 0 radical (unpaired) electrons. The Kier molecular flexibility index (Phi) is 4.12. The number of nitrogens with one attached hydrogen (secondary N) is 1. The van der Waals surface area contributed by atoms with E-state index in [2.05, 4.69) is 5.32 Å². The molecule has 0 amide bonds. The van der Waals surface area contributed by atoms with Crippen LogP contribution >= 0.6 is 0 Å². The van der Waals surface area contributed by atoms with Crippen molar-refractivity contribution in [3.8, 4) is 0 Å². The number of rotatable bonds is 4. The highest BCUT2D eigenvalue weighted by atomic mass is 19.1. The highest BCUT2D eigenvalue weighted by Gasteiger charge is 2.15. The quantitative estimate of drug-likeness (QED) is 0.886. The standard InChI is InChI=1S/C15H15F2NO/c1-10-2-7-14(17)13(8-10)15(9-19)18-12-5-3-11(16)4-6-12/h2-8,15,18-19H,9H2,1H3. The number of aliphatic hydroxyl groups excluding tert-OH is 1. The Labute approximate surface area is 110 Å². The van der Waals surface area contributed by atoms with Crippen LogP contribution in [0, 0.1) is 18.6 Å². The minimum Gasteiger partial charge on any atom is -0.394 e. The van der Waals surface area contributed by atoms with Crippen molar-refractivity contribution in [2.24, 2.45) is 0 Å². The van der Waals surface area contributed by atoms with E-state index in [9.17, 15) is 13.9 Å². The Morgan fingerprint density at radius 1 is 1.11 bits per heavy atom. The van der Waals surface area contributed by atoms with E-state index in [0.29, 0.717) is 11.3 Å². The van der Waals surface area contributed by atoms with Gasteiger partial charge in [-0.2, -0.15) is 0 Å². The minimum atomic E-state index is -0.564. The van der Waals surface area contributed by atoms with Gasteiger partial charge < -0.3 is 10.4 Å². The van der Waals surface area contributed by atoms with Gasteiger partial charge in [0.25, 0.3) is 0 Å². The average molecular weight is 263 g/mol. The first-order chi connectivity index (χ1) is 9.10. The zero-order chi connectivity index (χ0) is 13.8. The van der Waals surface area contributed by atoms with Gasteiger partial charge in [-0.3, -0.25) is 0 Å². The summed E-state index contributed by atoms with van der Waals surface area (Å²) in [6.45, 7) is 1.60. The Morgan fingerprint density at radius 3 is 2.42 bits per heavy atom. The summed E-state index contributed by atoms with van der Waals surface area (Å²) < 4.78 is 26.6. The summed E-state index contributed by atoms with van der Waals surface area (Å²) in [7, 11) is 0. The summed E-state index contributed by atoms with van der Waals surface area (Å²) in [5, 5.41) is 12.4. The Balaban J connectivity index is 2.24. The number of hydrogen-bond donors (Lipinski definition) is 2. The van der Waals surface area contributed by atoms with E-state index < -0.39 is 6.04 Å². The van der Waals surface area contributed by atoms with Crippen molar-refractivity contribution >= 4 is 5.69 Å². The van der Waals surface area contributed by atoms with Crippen LogP contribution in [-0.4, -0.2) is 11.7 Å². The van der Waals surface area contributed by atoms with Crippen LogP contribution in [0.3, 0.4) is 0 Å². The molecule has 2 N–H and O–H groups in total. The smallest absolute Gasteiger partial charge is 0.128 e. The molecule has 4 heteroatoms. The van der Waals surface area contributed by atoms with Crippen molar-refractivity contribution < 1.29 is 13.9 Å². The van der Waals surface area contributed by atoms with Crippen LogP contribution in [0.5, 0.6) is 0 Å².